The minimum atomic E-state index is -2.80. The van der Waals surface area contributed by atoms with E-state index in [1.807, 2.05) is 37.3 Å². The molecule has 0 aliphatic heterocycles. The van der Waals surface area contributed by atoms with Gasteiger partial charge in [0.2, 0.25) is 0 Å². The molecule has 0 saturated carbocycles. The highest BCUT2D eigenvalue weighted by Gasteiger charge is 2.09. The lowest BCUT2D eigenvalue weighted by molar-refractivity contribution is 0.615. The van der Waals surface area contributed by atoms with E-state index >= 15 is 0 Å². The lowest BCUT2D eigenvalue weighted by Gasteiger charge is -2.09. The first kappa shape index (κ1) is 15.5. The lowest BCUT2D eigenvalue weighted by atomic mass is 10.3. The van der Waals surface area contributed by atoms with Crippen LogP contribution in [0.2, 0.25) is 5.02 Å². The number of para-hydroxylation sites is 1. The Balaban J connectivity index is 2.39. The second-order valence-electron chi connectivity index (χ2n) is 4.27. The van der Waals surface area contributed by atoms with E-state index in [4.69, 9.17) is 11.6 Å². The first-order valence-corrected chi connectivity index (χ1v) is 8.00. The van der Waals surface area contributed by atoms with Crippen molar-refractivity contribution in [1.82, 2.24) is 0 Å². The molecule has 110 valence electrons. The Bertz CT molecular complexity index is 720. The van der Waals surface area contributed by atoms with Crippen molar-refractivity contribution in [2.24, 2.45) is 4.99 Å². The minimum absolute atomic E-state index is 0.0509. The summed E-state index contributed by atoms with van der Waals surface area (Å²) in [4.78, 5) is 4.44. The van der Waals surface area contributed by atoms with Crippen LogP contribution in [0.15, 0.2) is 58.4 Å². The summed E-state index contributed by atoms with van der Waals surface area (Å²) in [6, 6.07) is 14.4. The third-order valence-electron chi connectivity index (χ3n) is 2.80. The van der Waals surface area contributed by atoms with Crippen LogP contribution in [-0.2, 0) is 10.7 Å². The van der Waals surface area contributed by atoms with E-state index in [-0.39, 0.29) is 9.92 Å². The van der Waals surface area contributed by atoms with Gasteiger partial charge in [-0.15, -0.1) is 0 Å². The van der Waals surface area contributed by atoms with Gasteiger partial charge in [0.05, 0.1) is 10.7 Å². The van der Waals surface area contributed by atoms with Gasteiger partial charge < -0.3 is 5.32 Å². The van der Waals surface area contributed by atoms with Gasteiger partial charge in [0.25, 0.3) is 0 Å². The number of aliphatic imine (C=N–C) groups is 1. The Morgan fingerprint density at radius 3 is 2.48 bits per heavy atom. The molecule has 0 aromatic heterocycles. The third kappa shape index (κ3) is 4.06. The van der Waals surface area contributed by atoms with Crippen LogP contribution in [0.4, 0.5) is 11.4 Å². The van der Waals surface area contributed by atoms with Gasteiger partial charge in [0, 0.05) is 12.1 Å². The molecule has 0 saturated heterocycles. The number of thiol groups is 1. The monoisotopic (exact) mass is 322 g/mol. The summed E-state index contributed by atoms with van der Waals surface area (Å²) in [6.07, 6.45) is 0.635. The molecule has 0 fully saturated rings. The second kappa shape index (κ2) is 7.24. The molecule has 0 bridgehead atoms. The van der Waals surface area contributed by atoms with Gasteiger partial charge in [-0.25, -0.2) is 13.4 Å². The van der Waals surface area contributed by atoms with Crippen LogP contribution in [0.1, 0.15) is 13.3 Å². The van der Waals surface area contributed by atoms with Crippen LogP contribution in [-0.4, -0.2) is 14.3 Å². The number of hydrogen-bond donors (Lipinski definition) is 2. The van der Waals surface area contributed by atoms with E-state index in [9.17, 15) is 8.42 Å². The van der Waals surface area contributed by atoms with Crippen LogP contribution in [0, 0.1) is 0 Å². The topological polar surface area (TPSA) is 58.5 Å². The summed E-state index contributed by atoms with van der Waals surface area (Å²) >= 11 is 5.94. The Morgan fingerprint density at radius 2 is 1.86 bits per heavy atom. The molecular weight excluding hydrogens is 308 g/mol. The molecule has 4 nitrogen and oxygen atoms in total. The van der Waals surface area contributed by atoms with Crippen LogP contribution >= 0.6 is 11.6 Å². The molecule has 2 aromatic rings. The Hall–Kier alpha value is -1.85. The Labute approximate surface area is 130 Å². The van der Waals surface area contributed by atoms with Crippen LogP contribution in [0.5, 0.6) is 0 Å². The summed E-state index contributed by atoms with van der Waals surface area (Å²) in [6.45, 7) is 1.94. The maximum Gasteiger partial charge on any atom is 0.171 e. The fourth-order valence-electron chi connectivity index (χ4n) is 1.80. The highest BCUT2D eigenvalue weighted by molar-refractivity contribution is 7.72. The Morgan fingerprint density at radius 1 is 1.14 bits per heavy atom. The zero-order valence-electron chi connectivity index (χ0n) is 11.4. The van der Waals surface area contributed by atoms with Crippen molar-refractivity contribution < 1.29 is 8.42 Å². The highest BCUT2D eigenvalue weighted by Crippen LogP contribution is 2.28. The number of rotatable bonds is 4. The summed E-state index contributed by atoms with van der Waals surface area (Å²) in [7, 11) is -2.80. The fourth-order valence-corrected chi connectivity index (χ4v) is 2.74. The molecule has 0 radical (unpaired) electrons. The van der Waals surface area contributed by atoms with Crippen molar-refractivity contribution in [3.63, 3.8) is 0 Å². The molecule has 0 aliphatic rings. The number of anilines is 1. The first-order valence-electron chi connectivity index (χ1n) is 6.44. The normalized spacial score (nSPS) is 11.7. The zero-order chi connectivity index (χ0) is 15.2. The molecule has 0 unspecified atom stereocenters. The number of amidine groups is 1. The van der Waals surface area contributed by atoms with Crippen molar-refractivity contribution >= 4 is 39.5 Å². The van der Waals surface area contributed by atoms with E-state index in [1.165, 1.54) is 6.07 Å². The first-order chi connectivity index (χ1) is 10.1. The van der Waals surface area contributed by atoms with Crippen molar-refractivity contribution in [2.45, 2.75) is 18.2 Å². The minimum Gasteiger partial charge on any atom is -0.344 e. The van der Waals surface area contributed by atoms with Gasteiger partial charge in [0.1, 0.15) is 10.7 Å². The molecule has 2 aromatic carbocycles. The van der Waals surface area contributed by atoms with Gasteiger partial charge in [-0.3, -0.25) is 0 Å². The van der Waals surface area contributed by atoms with Gasteiger partial charge in [-0.1, -0.05) is 42.8 Å². The van der Waals surface area contributed by atoms with Gasteiger partial charge in [-0.2, -0.15) is 0 Å². The molecule has 6 heteroatoms. The van der Waals surface area contributed by atoms with Crippen molar-refractivity contribution in [3.8, 4) is 0 Å². The van der Waals surface area contributed by atoms with Crippen LogP contribution < -0.4 is 5.32 Å². The van der Waals surface area contributed by atoms with Gasteiger partial charge in [0.15, 0.2) is 10.7 Å². The van der Waals surface area contributed by atoms with Crippen molar-refractivity contribution in [1.29, 1.82) is 0 Å². The molecule has 2 rings (SSSR count). The maximum atomic E-state index is 11.3. The number of nitrogens with one attached hydrogen (secondary N) is 1. The number of nitrogens with zero attached hydrogens (tertiary/aromatic N) is 1. The van der Waals surface area contributed by atoms with Crippen LogP contribution in [0.3, 0.4) is 0 Å². The quantitative estimate of drug-likeness (QED) is 0.510. The number of hydrogen-bond acceptors (Lipinski definition) is 3. The van der Waals surface area contributed by atoms with E-state index in [1.54, 1.807) is 12.1 Å². The summed E-state index contributed by atoms with van der Waals surface area (Å²) in [5.74, 6) is 0.668. The third-order valence-corrected chi connectivity index (χ3v) is 4.08. The molecule has 0 heterocycles. The molecule has 21 heavy (non-hydrogen) atoms. The highest BCUT2D eigenvalue weighted by atomic mass is 35.5. The summed E-state index contributed by atoms with van der Waals surface area (Å²) in [5.41, 5.74) is 1.24. The molecule has 1 N–H and O–H groups in total. The van der Waals surface area contributed by atoms with Gasteiger partial charge in [-0.05, 0) is 24.3 Å². The molecule has 0 aliphatic carbocycles. The number of benzene rings is 2. The Kier molecular flexibility index (Phi) is 5.36. The molecule has 0 atom stereocenters. The standard InChI is InChI=1S/C15H15ClN2O2S/c1-2-14(17-11-7-4-3-5-8-11)18-13-10-6-9-12(16)15(13)21(19)20/h3-10,21H,2H2,1H3,(H,17,18). The summed E-state index contributed by atoms with van der Waals surface area (Å²) in [5, 5.41) is 3.36. The zero-order valence-corrected chi connectivity index (χ0v) is 13.1. The predicted molar refractivity (Wildman–Crippen MR) is 87.5 cm³/mol. The lowest BCUT2D eigenvalue weighted by Crippen LogP contribution is -2.10. The van der Waals surface area contributed by atoms with E-state index in [0.717, 1.165) is 5.69 Å². The van der Waals surface area contributed by atoms with Crippen LogP contribution in [0.25, 0.3) is 0 Å². The summed E-state index contributed by atoms with van der Waals surface area (Å²) < 4.78 is 22.7. The number of halogens is 1. The predicted octanol–water partition coefficient (Wildman–Crippen LogP) is 3.86. The van der Waals surface area contributed by atoms with E-state index < -0.39 is 10.7 Å². The van der Waals surface area contributed by atoms with Gasteiger partial charge >= 0.3 is 0 Å². The maximum absolute atomic E-state index is 11.3. The largest absolute Gasteiger partial charge is 0.344 e. The SMILES string of the molecule is CC/C(=N/c1cccc(Cl)c1[SH](=O)=O)Nc1ccccc1. The molecule has 0 amide bonds. The molecule has 0 spiro atoms. The fraction of sp³-hybridized carbons (Fsp3) is 0.133. The average molecular weight is 323 g/mol. The average Bonchev–Trinajstić information content (AvgIpc) is 2.47. The molecular formula is C15H15ClN2O2S. The van der Waals surface area contributed by atoms with Crippen molar-refractivity contribution in [2.75, 3.05) is 5.32 Å². The van der Waals surface area contributed by atoms with E-state index in [2.05, 4.69) is 10.3 Å². The smallest absolute Gasteiger partial charge is 0.171 e. The second-order valence-corrected chi connectivity index (χ2v) is 5.64. The van der Waals surface area contributed by atoms with Crippen molar-refractivity contribution in [3.05, 3.63) is 53.6 Å². The van der Waals surface area contributed by atoms with E-state index in [0.29, 0.717) is 17.9 Å².